The Morgan fingerprint density at radius 1 is 0.963 bits per heavy atom. The van der Waals surface area contributed by atoms with Crippen molar-refractivity contribution < 1.29 is 29.0 Å². The Labute approximate surface area is 161 Å². The first-order valence-corrected chi connectivity index (χ1v) is 9.43. The van der Waals surface area contributed by atoms with E-state index in [0.29, 0.717) is 32.5 Å². The summed E-state index contributed by atoms with van der Waals surface area (Å²) < 4.78 is 10.7. The summed E-state index contributed by atoms with van der Waals surface area (Å²) in [5.41, 5.74) is -1.18. The minimum Gasteiger partial charge on any atom is -0.481 e. The van der Waals surface area contributed by atoms with Crippen LogP contribution in [-0.4, -0.2) is 59.0 Å². The van der Waals surface area contributed by atoms with Gasteiger partial charge in [0.05, 0.1) is 0 Å². The predicted molar refractivity (Wildman–Crippen MR) is 101 cm³/mol. The van der Waals surface area contributed by atoms with Crippen LogP contribution in [0.5, 0.6) is 0 Å². The topological polar surface area (TPSA) is 105 Å². The molecule has 0 bridgehead atoms. The second-order valence-electron chi connectivity index (χ2n) is 9.05. The zero-order valence-corrected chi connectivity index (χ0v) is 17.3. The molecule has 1 heterocycles. The third kappa shape index (κ3) is 9.49. The number of hydrogen-bond acceptors (Lipinski definition) is 5. The van der Waals surface area contributed by atoms with E-state index in [1.165, 1.54) is 0 Å². The summed E-state index contributed by atoms with van der Waals surface area (Å²) in [7, 11) is 0. The molecule has 27 heavy (non-hydrogen) atoms. The summed E-state index contributed by atoms with van der Waals surface area (Å²) in [6.45, 7) is 12.0. The molecule has 2 atom stereocenters. The lowest BCUT2D eigenvalue weighted by Gasteiger charge is -2.26. The molecule has 0 saturated carbocycles. The van der Waals surface area contributed by atoms with Crippen molar-refractivity contribution in [3.8, 4) is 0 Å². The van der Waals surface area contributed by atoms with E-state index in [2.05, 4.69) is 5.32 Å². The summed E-state index contributed by atoms with van der Waals surface area (Å²) in [4.78, 5) is 37.1. The molecule has 1 rings (SSSR count). The SMILES string of the molecule is CC(C)(C)OC(=O)NC[C@@H]1CCN(C(=O)OC(C)(C)C)CC[C@H]1CC(=O)O. The first-order valence-electron chi connectivity index (χ1n) is 9.43. The van der Waals surface area contributed by atoms with Crippen LogP contribution in [0.3, 0.4) is 0 Å². The fraction of sp³-hybridized carbons (Fsp3) is 0.842. The lowest BCUT2D eigenvalue weighted by atomic mass is 9.85. The maximum Gasteiger partial charge on any atom is 0.410 e. The Balaban J connectivity index is 2.72. The van der Waals surface area contributed by atoms with Gasteiger partial charge in [-0.1, -0.05) is 0 Å². The lowest BCUT2D eigenvalue weighted by Crippen LogP contribution is -2.38. The third-order valence-electron chi connectivity index (χ3n) is 4.20. The Morgan fingerprint density at radius 3 is 1.96 bits per heavy atom. The molecule has 0 aromatic carbocycles. The molecule has 0 unspecified atom stereocenters. The molecule has 0 radical (unpaired) electrons. The zero-order chi connectivity index (χ0) is 20.8. The van der Waals surface area contributed by atoms with Crippen LogP contribution in [0.25, 0.3) is 0 Å². The number of carboxylic acids is 1. The van der Waals surface area contributed by atoms with E-state index >= 15 is 0 Å². The molecule has 1 saturated heterocycles. The number of ether oxygens (including phenoxy) is 2. The minimum atomic E-state index is -0.881. The standard InChI is InChI=1S/C19H34N2O6/c1-18(2,3)26-16(24)20-12-14-8-10-21(17(25)27-19(4,5)6)9-7-13(14)11-15(22)23/h13-14H,7-12H2,1-6H3,(H,20,24)(H,22,23)/t13-,14-/m0/s1. The first kappa shape index (κ1) is 23.0. The lowest BCUT2D eigenvalue weighted by molar-refractivity contribution is -0.138. The van der Waals surface area contributed by atoms with E-state index < -0.39 is 29.4 Å². The molecule has 1 aliphatic rings. The molecule has 1 fully saturated rings. The van der Waals surface area contributed by atoms with Gasteiger partial charge in [0.1, 0.15) is 11.2 Å². The van der Waals surface area contributed by atoms with Gasteiger partial charge in [-0.15, -0.1) is 0 Å². The number of carboxylic acid groups (broad SMARTS) is 1. The molecular weight excluding hydrogens is 352 g/mol. The number of likely N-dealkylation sites (tertiary alicyclic amines) is 1. The van der Waals surface area contributed by atoms with E-state index in [9.17, 15) is 19.5 Å². The van der Waals surface area contributed by atoms with E-state index in [0.717, 1.165) is 0 Å². The Morgan fingerprint density at radius 2 is 1.48 bits per heavy atom. The summed E-state index contributed by atoms with van der Waals surface area (Å²) >= 11 is 0. The molecule has 8 heteroatoms. The Bertz CT molecular complexity index is 535. The molecule has 2 N–H and O–H groups in total. The van der Waals surface area contributed by atoms with Crippen molar-refractivity contribution in [2.45, 2.75) is 72.0 Å². The summed E-state index contributed by atoms with van der Waals surface area (Å²) in [6, 6.07) is 0. The molecular formula is C19H34N2O6. The van der Waals surface area contributed by atoms with Gasteiger partial charge in [0.25, 0.3) is 0 Å². The number of hydrogen-bond donors (Lipinski definition) is 2. The van der Waals surface area contributed by atoms with Crippen LogP contribution in [0.4, 0.5) is 9.59 Å². The maximum absolute atomic E-state index is 12.3. The molecule has 0 aromatic rings. The number of aliphatic carboxylic acids is 1. The smallest absolute Gasteiger partial charge is 0.410 e. The largest absolute Gasteiger partial charge is 0.481 e. The normalized spacial score (nSPS) is 21.2. The molecule has 156 valence electrons. The van der Waals surface area contributed by atoms with Crippen LogP contribution >= 0.6 is 0 Å². The second kappa shape index (κ2) is 9.28. The van der Waals surface area contributed by atoms with Crippen LogP contribution in [0.2, 0.25) is 0 Å². The predicted octanol–water partition coefficient (Wildman–Crippen LogP) is 3.25. The van der Waals surface area contributed by atoms with E-state index in [-0.39, 0.29) is 18.3 Å². The van der Waals surface area contributed by atoms with Gasteiger partial charge < -0.3 is 24.8 Å². The Hall–Kier alpha value is -1.99. The highest BCUT2D eigenvalue weighted by Crippen LogP contribution is 2.28. The number of alkyl carbamates (subject to hydrolysis) is 1. The highest BCUT2D eigenvalue weighted by molar-refractivity contribution is 5.69. The van der Waals surface area contributed by atoms with Crippen molar-refractivity contribution in [1.82, 2.24) is 10.2 Å². The molecule has 0 aliphatic carbocycles. The van der Waals surface area contributed by atoms with Gasteiger partial charge in [0.2, 0.25) is 0 Å². The second-order valence-corrected chi connectivity index (χ2v) is 9.05. The maximum atomic E-state index is 12.3. The van der Waals surface area contributed by atoms with E-state index in [1.807, 2.05) is 20.8 Å². The first-order chi connectivity index (χ1) is 12.3. The average Bonchev–Trinajstić information content (AvgIpc) is 2.63. The monoisotopic (exact) mass is 386 g/mol. The van der Waals surface area contributed by atoms with Crippen molar-refractivity contribution in [3.05, 3.63) is 0 Å². The van der Waals surface area contributed by atoms with Gasteiger partial charge in [0.15, 0.2) is 0 Å². The molecule has 0 aromatic heterocycles. The quantitative estimate of drug-likeness (QED) is 0.768. The van der Waals surface area contributed by atoms with Crippen LogP contribution < -0.4 is 5.32 Å². The fourth-order valence-electron chi connectivity index (χ4n) is 3.03. The van der Waals surface area contributed by atoms with Crippen molar-refractivity contribution in [2.24, 2.45) is 11.8 Å². The van der Waals surface area contributed by atoms with Gasteiger partial charge in [-0.2, -0.15) is 0 Å². The summed E-state index contributed by atoms with van der Waals surface area (Å²) in [5, 5.41) is 11.9. The summed E-state index contributed by atoms with van der Waals surface area (Å²) in [5.74, 6) is -1.07. The van der Waals surface area contributed by atoms with Gasteiger partial charge in [-0.05, 0) is 66.2 Å². The highest BCUT2D eigenvalue weighted by atomic mass is 16.6. The van der Waals surface area contributed by atoms with Gasteiger partial charge >= 0.3 is 18.2 Å². The van der Waals surface area contributed by atoms with Crippen molar-refractivity contribution in [1.29, 1.82) is 0 Å². The molecule has 1 aliphatic heterocycles. The number of amides is 2. The Kier molecular flexibility index (Phi) is 7.92. The average molecular weight is 386 g/mol. The number of carbonyl (C=O) groups is 3. The molecule has 0 spiro atoms. The third-order valence-corrected chi connectivity index (χ3v) is 4.20. The van der Waals surface area contributed by atoms with E-state index in [4.69, 9.17) is 9.47 Å². The van der Waals surface area contributed by atoms with Crippen molar-refractivity contribution in [3.63, 3.8) is 0 Å². The van der Waals surface area contributed by atoms with Crippen LogP contribution in [0.15, 0.2) is 0 Å². The van der Waals surface area contributed by atoms with Crippen LogP contribution in [0, 0.1) is 11.8 Å². The number of nitrogens with one attached hydrogen (secondary N) is 1. The highest BCUT2D eigenvalue weighted by Gasteiger charge is 2.32. The van der Waals surface area contributed by atoms with E-state index in [1.54, 1.807) is 25.7 Å². The number of carbonyl (C=O) groups excluding carboxylic acids is 2. The number of nitrogens with zero attached hydrogens (tertiary/aromatic N) is 1. The van der Waals surface area contributed by atoms with Gasteiger partial charge in [0, 0.05) is 26.1 Å². The number of rotatable bonds is 4. The van der Waals surface area contributed by atoms with Crippen molar-refractivity contribution in [2.75, 3.05) is 19.6 Å². The fourth-order valence-corrected chi connectivity index (χ4v) is 3.03. The van der Waals surface area contributed by atoms with Crippen LogP contribution in [0.1, 0.15) is 60.8 Å². The molecule has 2 amide bonds. The zero-order valence-electron chi connectivity index (χ0n) is 17.3. The summed E-state index contributed by atoms with van der Waals surface area (Å²) in [6.07, 6.45) is 0.226. The van der Waals surface area contributed by atoms with Crippen molar-refractivity contribution >= 4 is 18.2 Å². The minimum absolute atomic E-state index is 0.00280. The van der Waals surface area contributed by atoms with Gasteiger partial charge in [-0.3, -0.25) is 4.79 Å². The molecule has 8 nitrogen and oxygen atoms in total. The van der Waals surface area contributed by atoms with Gasteiger partial charge in [-0.25, -0.2) is 9.59 Å². The van der Waals surface area contributed by atoms with Crippen LogP contribution in [-0.2, 0) is 14.3 Å².